The predicted octanol–water partition coefficient (Wildman–Crippen LogP) is 3.58. The topological polar surface area (TPSA) is 27.0 Å². The molecule has 0 aliphatic carbocycles. The minimum absolute atomic E-state index is 0.408. The van der Waals surface area contributed by atoms with Gasteiger partial charge in [0.05, 0.1) is 12.5 Å². The Bertz CT molecular complexity index is 172. The summed E-state index contributed by atoms with van der Waals surface area (Å²) in [5.74, 6) is 0. The van der Waals surface area contributed by atoms with Crippen molar-refractivity contribution in [1.82, 2.24) is 4.90 Å². The lowest BCUT2D eigenvalue weighted by Gasteiger charge is -2.22. The van der Waals surface area contributed by atoms with Gasteiger partial charge in [-0.05, 0) is 26.9 Å². The van der Waals surface area contributed by atoms with Crippen LogP contribution in [0.15, 0.2) is 0 Å². The Labute approximate surface area is 95.3 Å². The van der Waals surface area contributed by atoms with Crippen LogP contribution in [-0.4, -0.2) is 24.5 Å². The molecule has 0 N–H and O–H groups in total. The van der Waals surface area contributed by atoms with Crippen molar-refractivity contribution in [3.63, 3.8) is 0 Å². The molecule has 0 saturated carbocycles. The standard InChI is InChI=1S/C13H26N2/c1-4-5-6-7-8-9-12-15(3)13(2)10-11-14/h13H,4-10,12H2,1-3H3. The fraction of sp³-hybridized carbons (Fsp3) is 0.923. The zero-order chi connectivity index (χ0) is 11.5. The second-order valence-corrected chi connectivity index (χ2v) is 4.46. The molecule has 0 aromatic carbocycles. The van der Waals surface area contributed by atoms with Gasteiger partial charge in [-0.25, -0.2) is 0 Å². The van der Waals surface area contributed by atoms with E-state index in [9.17, 15) is 0 Å². The van der Waals surface area contributed by atoms with Crippen LogP contribution in [0.25, 0.3) is 0 Å². The third kappa shape index (κ3) is 8.44. The van der Waals surface area contributed by atoms with E-state index in [0.717, 1.165) is 6.54 Å². The lowest BCUT2D eigenvalue weighted by molar-refractivity contribution is 0.254. The van der Waals surface area contributed by atoms with Gasteiger partial charge in [0.2, 0.25) is 0 Å². The Morgan fingerprint density at radius 2 is 1.73 bits per heavy atom. The molecule has 88 valence electrons. The molecule has 0 aromatic heterocycles. The summed E-state index contributed by atoms with van der Waals surface area (Å²) in [4.78, 5) is 2.29. The Morgan fingerprint density at radius 1 is 1.13 bits per heavy atom. The maximum absolute atomic E-state index is 8.58. The van der Waals surface area contributed by atoms with Crippen molar-refractivity contribution < 1.29 is 0 Å². The fourth-order valence-corrected chi connectivity index (χ4v) is 1.65. The van der Waals surface area contributed by atoms with E-state index in [-0.39, 0.29) is 0 Å². The fourth-order valence-electron chi connectivity index (χ4n) is 1.65. The molecule has 0 fully saturated rings. The van der Waals surface area contributed by atoms with Crippen LogP contribution < -0.4 is 0 Å². The number of hydrogen-bond acceptors (Lipinski definition) is 2. The number of nitrogens with zero attached hydrogens (tertiary/aromatic N) is 2. The zero-order valence-electron chi connectivity index (χ0n) is 10.6. The van der Waals surface area contributed by atoms with Crippen LogP contribution >= 0.6 is 0 Å². The molecule has 0 heterocycles. The molecule has 0 aliphatic heterocycles. The van der Waals surface area contributed by atoms with E-state index in [2.05, 4.69) is 31.9 Å². The maximum atomic E-state index is 8.58. The molecule has 1 unspecified atom stereocenters. The Balaban J connectivity index is 3.31. The molecule has 0 spiro atoms. The van der Waals surface area contributed by atoms with E-state index < -0.39 is 0 Å². The quantitative estimate of drug-likeness (QED) is 0.544. The van der Waals surface area contributed by atoms with Crippen molar-refractivity contribution in [1.29, 1.82) is 5.26 Å². The average Bonchev–Trinajstić information content (AvgIpc) is 2.23. The van der Waals surface area contributed by atoms with Gasteiger partial charge in [0.25, 0.3) is 0 Å². The monoisotopic (exact) mass is 210 g/mol. The van der Waals surface area contributed by atoms with Gasteiger partial charge < -0.3 is 4.90 Å². The van der Waals surface area contributed by atoms with Crippen LogP contribution in [0.3, 0.4) is 0 Å². The van der Waals surface area contributed by atoms with Crippen LogP contribution in [0, 0.1) is 11.3 Å². The van der Waals surface area contributed by atoms with E-state index >= 15 is 0 Å². The van der Waals surface area contributed by atoms with Crippen LogP contribution in [0.4, 0.5) is 0 Å². The molecule has 0 amide bonds. The first-order valence-corrected chi connectivity index (χ1v) is 6.29. The molecular weight excluding hydrogens is 184 g/mol. The highest BCUT2D eigenvalue weighted by atomic mass is 15.1. The molecule has 0 rings (SSSR count). The van der Waals surface area contributed by atoms with Crippen molar-refractivity contribution in [3.8, 4) is 6.07 Å². The number of unbranched alkanes of at least 4 members (excludes halogenated alkanes) is 5. The number of nitriles is 1. The minimum Gasteiger partial charge on any atom is -0.303 e. The summed E-state index contributed by atoms with van der Waals surface area (Å²) < 4.78 is 0. The van der Waals surface area contributed by atoms with Gasteiger partial charge in [-0.15, -0.1) is 0 Å². The molecule has 0 bridgehead atoms. The molecule has 1 atom stereocenters. The van der Waals surface area contributed by atoms with Gasteiger partial charge in [-0.2, -0.15) is 5.26 Å². The number of hydrogen-bond donors (Lipinski definition) is 0. The van der Waals surface area contributed by atoms with E-state index in [0.29, 0.717) is 12.5 Å². The average molecular weight is 210 g/mol. The molecule has 0 saturated heterocycles. The van der Waals surface area contributed by atoms with Crippen molar-refractivity contribution in [3.05, 3.63) is 0 Å². The third-order valence-electron chi connectivity index (χ3n) is 3.00. The lowest BCUT2D eigenvalue weighted by Crippen LogP contribution is -2.29. The van der Waals surface area contributed by atoms with Gasteiger partial charge in [0, 0.05) is 6.04 Å². The second-order valence-electron chi connectivity index (χ2n) is 4.46. The van der Waals surface area contributed by atoms with Crippen LogP contribution in [0.5, 0.6) is 0 Å². The molecule has 0 radical (unpaired) electrons. The highest BCUT2D eigenvalue weighted by molar-refractivity contribution is 4.78. The number of rotatable bonds is 9. The Morgan fingerprint density at radius 3 is 2.33 bits per heavy atom. The van der Waals surface area contributed by atoms with Gasteiger partial charge in [-0.1, -0.05) is 39.0 Å². The smallest absolute Gasteiger partial charge is 0.0638 e. The molecule has 0 aliphatic rings. The van der Waals surface area contributed by atoms with Gasteiger partial charge in [0.15, 0.2) is 0 Å². The van der Waals surface area contributed by atoms with Gasteiger partial charge in [0.1, 0.15) is 0 Å². The highest BCUT2D eigenvalue weighted by Gasteiger charge is 2.07. The largest absolute Gasteiger partial charge is 0.303 e. The van der Waals surface area contributed by atoms with Crippen LogP contribution in [-0.2, 0) is 0 Å². The summed E-state index contributed by atoms with van der Waals surface area (Å²) in [5.41, 5.74) is 0. The molecule has 15 heavy (non-hydrogen) atoms. The Hall–Kier alpha value is -0.550. The zero-order valence-corrected chi connectivity index (χ0v) is 10.6. The second kappa shape index (κ2) is 9.98. The maximum Gasteiger partial charge on any atom is 0.0638 e. The first kappa shape index (κ1) is 14.5. The van der Waals surface area contributed by atoms with E-state index in [1.807, 2.05) is 0 Å². The normalized spacial score (nSPS) is 12.7. The summed E-state index contributed by atoms with van der Waals surface area (Å²) in [6.07, 6.45) is 8.70. The summed E-state index contributed by atoms with van der Waals surface area (Å²) in [7, 11) is 2.12. The van der Waals surface area contributed by atoms with Crippen molar-refractivity contribution >= 4 is 0 Å². The van der Waals surface area contributed by atoms with E-state index in [1.165, 1.54) is 38.5 Å². The third-order valence-corrected chi connectivity index (χ3v) is 3.00. The SMILES string of the molecule is CCCCCCCCN(C)C(C)CC#N. The lowest BCUT2D eigenvalue weighted by atomic mass is 10.1. The van der Waals surface area contributed by atoms with Crippen LogP contribution in [0.2, 0.25) is 0 Å². The van der Waals surface area contributed by atoms with E-state index in [4.69, 9.17) is 5.26 Å². The highest BCUT2D eigenvalue weighted by Crippen LogP contribution is 2.07. The van der Waals surface area contributed by atoms with Crippen molar-refractivity contribution in [2.24, 2.45) is 0 Å². The van der Waals surface area contributed by atoms with Crippen LogP contribution in [0.1, 0.15) is 58.8 Å². The Kier molecular flexibility index (Phi) is 9.62. The summed E-state index contributed by atoms with van der Waals surface area (Å²) in [6, 6.07) is 2.63. The minimum atomic E-state index is 0.408. The molecule has 2 heteroatoms. The molecule has 2 nitrogen and oxygen atoms in total. The molecular formula is C13H26N2. The first-order chi connectivity index (χ1) is 7.22. The van der Waals surface area contributed by atoms with Gasteiger partial charge >= 0.3 is 0 Å². The summed E-state index contributed by atoms with van der Waals surface area (Å²) in [5, 5.41) is 8.58. The summed E-state index contributed by atoms with van der Waals surface area (Å²) >= 11 is 0. The van der Waals surface area contributed by atoms with E-state index in [1.54, 1.807) is 0 Å². The van der Waals surface area contributed by atoms with Crippen molar-refractivity contribution in [2.45, 2.75) is 64.8 Å². The predicted molar refractivity (Wildman–Crippen MR) is 65.7 cm³/mol. The first-order valence-electron chi connectivity index (χ1n) is 6.29. The summed E-state index contributed by atoms with van der Waals surface area (Å²) in [6.45, 7) is 5.51. The molecule has 0 aromatic rings. The van der Waals surface area contributed by atoms with Crippen molar-refractivity contribution in [2.75, 3.05) is 13.6 Å². The van der Waals surface area contributed by atoms with Gasteiger partial charge in [-0.3, -0.25) is 0 Å².